The largest absolute Gasteiger partial charge is 0.240 e. The first-order valence-electron chi connectivity index (χ1n) is 4.77. The Morgan fingerprint density at radius 3 is 2.87 bits per heavy atom. The second-order valence-corrected chi connectivity index (χ2v) is 4.27. The van der Waals surface area contributed by atoms with Gasteiger partial charge in [-0.3, -0.25) is 0 Å². The van der Waals surface area contributed by atoms with Crippen LogP contribution in [0.1, 0.15) is 23.1 Å². The van der Waals surface area contributed by atoms with Gasteiger partial charge in [-0.25, -0.2) is 9.97 Å². The van der Waals surface area contributed by atoms with Crippen molar-refractivity contribution >= 4 is 33.7 Å². The molecule has 0 bridgehead atoms. The van der Waals surface area contributed by atoms with Gasteiger partial charge in [-0.05, 0) is 13.8 Å². The van der Waals surface area contributed by atoms with Crippen molar-refractivity contribution in [2.45, 2.75) is 13.8 Å². The van der Waals surface area contributed by atoms with Gasteiger partial charge in [-0.2, -0.15) is 0 Å². The van der Waals surface area contributed by atoms with Gasteiger partial charge in [0.05, 0.1) is 15.9 Å². The Morgan fingerprint density at radius 1 is 1.40 bits per heavy atom. The van der Waals surface area contributed by atoms with Crippen molar-refractivity contribution in [2.24, 2.45) is 0 Å². The summed E-state index contributed by atoms with van der Waals surface area (Å²) in [5, 5.41) is 0. The Hall–Kier alpha value is -1.48. The van der Waals surface area contributed by atoms with Crippen LogP contribution in [-0.2, 0) is 0 Å². The van der Waals surface area contributed by atoms with E-state index in [4.69, 9.17) is 0 Å². The minimum Gasteiger partial charge on any atom is -0.240 e. The Labute approximate surface area is 93.0 Å². The predicted octanol–water partition coefficient (Wildman–Crippen LogP) is 3.68. The zero-order chi connectivity index (χ0) is 10.8. The lowest BCUT2D eigenvalue weighted by molar-refractivity contribution is 1.16. The van der Waals surface area contributed by atoms with Crippen LogP contribution in [0.3, 0.4) is 0 Å². The Balaban J connectivity index is 2.85. The molecule has 0 aliphatic heterocycles. The van der Waals surface area contributed by atoms with E-state index in [2.05, 4.69) is 22.6 Å². The predicted molar refractivity (Wildman–Crippen MR) is 67.0 cm³/mol. The maximum Gasteiger partial charge on any atom is 0.116 e. The zero-order valence-electron chi connectivity index (χ0n) is 8.82. The number of fused-ring (bicyclic) bond motifs is 1. The van der Waals surface area contributed by atoms with E-state index in [1.54, 1.807) is 17.7 Å². The topological polar surface area (TPSA) is 25.8 Å². The van der Waals surface area contributed by atoms with Gasteiger partial charge in [0, 0.05) is 10.4 Å². The molecule has 2 rings (SSSR count). The molecular formula is C12H12N2S. The third kappa shape index (κ3) is 1.59. The molecule has 3 heteroatoms. The molecule has 15 heavy (non-hydrogen) atoms. The van der Waals surface area contributed by atoms with E-state index >= 15 is 0 Å². The number of aryl methyl sites for hydroxylation is 1. The van der Waals surface area contributed by atoms with Gasteiger partial charge in [-0.15, -0.1) is 11.3 Å². The quantitative estimate of drug-likeness (QED) is 0.765. The molecule has 0 atom stereocenters. The zero-order valence-corrected chi connectivity index (χ0v) is 9.64. The molecule has 0 unspecified atom stereocenters. The number of thiophene rings is 1. The molecule has 76 valence electrons. The first kappa shape index (κ1) is 10.1. The van der Waals surface area contributed by atoms with E-state index in [1.807, 2.05) is 26.0 Å². The number of allylic oxidation sites excluding steroid dienone is 1. The molecule has 0 saturated carbocycles. The number of nitrogens with zero attached hydrogens (tertiary/aromatic N) is 2. The van der Waals surface area contributed by atoms with Crippen LogP contribution < -0.4 is 0 Å². The maximum atomic E-state index is 4.33. The van der Waals surface area contributed by atoms with Crippen LogP contribution in [0.5, 0.6) is 0 Å². The monoisotopic (exact) mass is 216 g/mol. The van der Waals surface area contributed by atoms with Crippen molar-refractivity contribution in [1.82, 2.24) is 9.97 Å². The summed E-state index contributed by atoms with van der Waals surface area (Å²) in [4.78, 5) is 9.69. The normalized spacial score (nSPS) is 11.3. The summed E-state index contributed by atoms with van der Waals surface area (Å²) in [6, 6.07) is 0. The van der Waals surface area contributed by atoms with Gasteiger partial charge in [0.15, 0.2) is 0 Å². The van der Waals surface area contributed by atoms with Crippen LogP contribution in [0.15, 0.2) is 19.0 Å². The van der Waals surface area contributed by atoms with E-state index < -0.39 is 0 Å². The van der Waals surface area contributed by atoms with Crippen LogP contribution in [0.2, 0.25) is 0 Å². The molecule has 0 amide bonds. The molecule has 0 N–H and O–H groups in total. The van der Waals surface area contributed by atoms with Gasteiger partial charge in [0.2, 0.25) is 0 Å². The highest BCUT2D eigenvalue weighted by molar-refractivity contribution is 7.20. The fourth-order valence-electron chi connectivity index (χ4n) is 1.54. The van der Waals surface area contributed by atoms with Crippen molar-refractivity contribution in [2.75, 3.05) is 0 Å². The second-order valence-electron chi connectivity index (χ2n) is 3.22. The van der Waals surface area contributed by atoms with Crippen LogP contribution in [0.25, 0.3) is 22.4 Å². The summed E-state index contributed by atoms with van der Waals surface area (Å²) in [7, 11) is 0. The van der Waals surface area contributed by atoms with Gasteiger partial charge >= 0.3 is 0 Å². The van der Waals surface area contributed by atoms with Crippen molar-refractivity contribution < 1.29 is 0 Å². The molecule has 2 nitrogen and oxygen atoms in total. The number of hydrogen-bond donors (Lipinski definition) is 0. The number of rotatable bonds is 2. The average molecular weight is 216 g/mol. The second kappa shape index (κ2) is 3.95. The molecule has 0 radical (unpaired) electrons. The summed E-state index contributed by atoms with van der Waals surface area (Å²) in [6.07, 6.45) is 7.58. The molecule has 0 aliphatic rings. The molecule has 2 aromatic rings. The lowest BCUT2D eigenvalue weighted by atomic mass is 10.2. The summed E-state index contributed by atoms with van der Waals surface area (Å²) in [5.74, 6) is 0. The number of aromatic nitrogens is 2. The molecule has 0 aromatic carbocycles. The molecular weight excluding hydrogens is 204 g/mol. The van der Waals surface area contributed by atoms with Crippen molar-refractivity contribution in [3.63, 3.8) is 0 Å². The minimum atomic E-state index is 1.03. The molecule has 0 fully saturated rings. The molecule has 0 saturated heterocycles. The van der Waals surface area contributed by atoms with Crippen LogP contribution in [0, 0.1) is 6.92 Å². The third-order valence-corrected chi connectivity index (χ3v) is 3.53. The third-order valence-electron chi connectivity index (χ3n) is 2.23. The highest BCUT2D eigenvalue weighted by Crippen LogP contribution is 2.32. The maximum absolute atomic E-state index is 4.33. The van der Waals surface area contributed by atoms with E-state index in [0.717, 1.165) is 26.4 Å². The van der Waals surface area contributed by atoms with Crippen molar-refractivity contribution in [3.8, 4) is 0 Å². The average Bonchev–Trinajstić information content (AvgIpc) is 2.59. The van der Waals surface area contributed by atoms with E-state index in [1.165, 1.54) is 0 Å². The molecule has 0 spiro atoms. The molecule has 2 heterocycles. The minimum absolute atomic E-state index is 1.03. The summed E-state index contributed by atoms with van der Waals surface area (Å²) in [5.41, 5.74) is 3.21. The summed E-state index contributed by atoms with van der Waals surface area (Å²) >= 11 is 1.70. The Morgan fingerprint density at radius 2 is 2.20 bits per heavy atom. The van der Waals surface area contributed by atoms with Gasteiger partial charge in [0.25, 0.3) is 0 Å². The van der Waals surface area contributed by atoms with Gasteiger partial charge in [-0.1, -0.05) is 24.8 Å². The first-order valence-corrected chi connectivity index (χ1v) is 5.58. The van der Waals surface area contributed by atoms with E-state index in [-0.39, 0.29) is 0 Å². The van der Waals surface area contributed by atoms with Crippen molar-refractivity contribution in [3.05, 3.63) is 35.1 Å². The highest BCUT2D eigenvalue weighted by Gasteiger charge is 2.10. The highest BCUT2D eigenvalue weighted by atomic mass is 32.1. The lowest BCUT2D eigenvalue weighted by Crippen LogP contribution is -1.83. The van der Waals surface area contributed by atoms with Crippen LogP contribution in [-0.4, -0.2) is 9.97 Å². The smallest absolute Gasteiger partial charge is 0.116 e. The molecule has 2 aromatic heterocycles. The fourth-order valence-corrected chi connectivity index (χ4v) is 2.57. The van der Waals surface area contributed by atoms with E-state index in [9.17, 15) is 0 Å². The number of hydrogen-bond acceptors (Lipinski definition) is 3. The summed E-state index contributed by atoms with van der Waals surface area (Å²) in [6.45, 7) is 7.84. The van der Waals surface area contributed by atoms with Crippen molar-refractivity contribution in [1.29, 1.82) is 0 Å². The standard InChI is InChI=1S/C12H12N2S/c1-4-6-9-10(5-2)15-12-8(3)13-7-14-11(9)12/h4-7H,2H2,1,3H3/b6-4-. The van der Waals surface area contributed by atoms with E-state index in [0.29, 0.717) is 0 Å². The SMILES string of the molecule is C=Cc1sc2c(C)ncnc2c1/C=C\C. The van der Waals surface area contributed by atoms with Crippen LogP contribution >= 0.6 is 11.3 Å². The Kier molecular flexibility index (Phi) is 2.64. The van der Waals surface area contributed by atoms with Gasteiger partial charge in [0.1, 0.15) is 6.33 Å². The molecule has 0 aliphatic carbocycles. The Bertz CT molecular complexity index is 538. The van der Waals surface area contributed by atoms with Gasteiger partial charge < -0.3 is 0 Å². The fraction of sp³-hybridized carbons (Fsp3) is 0.167. The summed E-state index contributed by atoms with van der Waals surface area (Å²) < 4.78 is 1.15. The first-order chi connectivity index (χ1) is 7.27. The lowest BCUT2D eigenvalue weighted by Gasteiger charge is -1.93. The van der Waals surface area contributed by atoms with Crippen LogP contribution in [0.4, 0.5) is 0 Å².